The van der Waals surface area contributed by atoms with Crippen molar-refractivity contribution in [2.24, 2.45) is 11.8 Å². The van der Waals surface area contributed by atoms with Crippen molar-refractivity contribution in [2.45, 2.75) is 63.4 Å². The number of fused-ring (bicyclic) bond motifs is 4. The third-order valence-electron chi connectivity index (χ3n) is 7.45. The summed E-state index contributed by atoms with van der Waals surface area (Å²) >= 11 is 0. The third kappa shape index (κ3) is 4.67. The number of hydrogen-bond donors (Lipinski definition) is 1. The zero-order valence-electron chi connectivity index (χ0n) is 18.7. The monoisotopic (exact) mass is 442 g/mol. The van der Waals surface area contributed by atoms with Gasteiger partial charge in [0.1, 0.15) is 6.04 Å². The quantitative estimate of drug-likeness (QED) is 0.720. The van der Waals surface area contributed by atoms with Gasteiger partial charge in [0, 0.05) is 63.4 Å². The molecule has 4 fully saturated rings. The molecule has 8 nitrogen and oxygen atoms in total. The van der Waals surface area contributed by atoms with Crippen LogP contribution >= 0.6 is 0 Å². The van der Waals surface area contributed by atoms with E-state index >= 15 is 0 Å². The molecule has 0 aliphatic carbocycles. The molecule has 4 saturated heterocycles. The molecule has 2 amide bonds. The number of piperidine rings is 3. The smallest absolute Gasteiger partial charge is 0.243 e. The summed E-state index contributed by atoms with van der Waals surface area (Å²) in [6.07, 6.45) is 8.70. The van der Waals surface area contributed by atoms with Gasteiger partial charge in [-0.15, -0.1) is 0 Å². The molecule has 1 N–H and O–H groups in total. The van der Waals surface area contributed by atoms with Gasteiger partial charge >= 0.3 is 0 Å². The number of amides is 2. The first-order valence-corrected chi connectivity index (χ1v) is 12.1. The van der Waals surface area contributed by atoms with E-state index in [9.17, 15) is 9.59 Å². The van der Waals surface area contributed by atoms with Crippen molar-refractivity contribution in [3.05, 3.63) is 30.1 Å². The molecule has 5 rings (SSSR count). The molecule has 0 spiro atoms. The van der Waals surface area contributed by atoms with E-state index in [1.807, 2.05) is 17.0 Å². The molecule has 4 atom stereocenters. The molecule has 1 aromatic heterocycles. The van der Waals surface area contributed by atoms with Crippen molar-refractivity contribution in [3.63, 3.8) is 0 Å². The van der Waals surface area contributed by atoms with Crippen molar-refractivity contribution in [2.75, 3.05) is 32.8 Å². The van der Waals surface area contributed by atoms with Gasteiger partial charge < -0.3 is 24.6 Å². The summed E-state index contributed by atoms with van der Waals surface area (Å²) in [6.45, 7) is 4.71. The summed E-state index contributed by atoms with van der Waals surface area (Å²) in [5.74, 6) is 0.719. The summed E-state index contributed by atoms with van der Waals surface area (Å²) in [6, 6.07) is 3.62. The van der Waals surface area contributed by atoms with Crippen LogP contribution in [0, 0.1) is 11.8 Å². The number of carbonyl (C=O) groups excluding carboxylic acids is 2. The fourth-order valence-electron chi connectivity index (χ4n) is 6.06. The van der Waals surface area contributed by atoms with Crippen molar-refractivity contribution in [1.29, 1.82) is 0 Å². The van der Waals surface area contributed by atoms with Gasteiger partial charge in [-0.25, -0.2) is 0 Å². The minimum Gasteiger partial charge on any atom is -0.353 e. The molecule has 8 heteroatoms. The fraction of sp³-hybridized carbons (Fsp3) is 0.708. The van der Waals surface area contributed by atoms with Gasteiger partial charge in [-0.1, -0.05) is 6.07 Å². The van der Waals surface area contributed by atoms with E-state index < -0.39 is 0 Å². The van der Waals surface area contributed by atoms with Crippen LogP contribution < -0.4 is 5.32 Å². The molecule has 174 valence electrons. The average Bonchev–Trinajstić information content (AvgIpc) is 2.83. The molecule has 1 aromatic rings. The summed E-state index contributed by atoms with van der Waals surface area (Å²) in [5.41, 5.74) is 0.966. The van der Waals surface area contributed by atoms with Crippen LogP contribution in [0.15, 0.2) is 24.5 Å². The molecular weight excluding hydrogens is 408 g/mol. The van der Waals surface area contributed by atoms with E-state index in [4.69, 9.17) is 9.47 Å². The van der Waals surface area contributed by atoms with Gasteiger partial charge in [-0.2, -0.15) is 0 Å². The van der Waals surface area contributed by atoms with Crippen LogP contribution in [0.25, 0.3) is 0 Å². The minimum atomic E-state index is -0.384. The van der Waals surface area contributed by atoms with Crippen molar-refractivity contribution < 1.29 is 19.1 Å². The number of nitrogens with zero attached hydrogens (tertiary/aromatic N) is 3. The molecule has 2 bridgehead atoms. The highest BCUT2D eigenvalue weighted by Gasteiger charge is 2.51. The normalized spacial score (nSPS) is 31.2. The van der Waals surface area contributed by atoms with Crippen LogP contribution in [0.3, 0.4) is 0 Å². The summed E-state index contributed by atoms with van der Waals surface area (Å²) < 4.78 is 11.5. The predicted molar refractivity (Wildman–Crippen MR) is 117 cm³/mol. The Morgan fingerprint density at radius 2 is 2.03 bits per heavy atom. The first-order valence-electron chi connectivity index (χ1n) is 12.1. The number of rotatable bonds is 6. The molecule has 0 unspecified atom stereocenters. The van der Waals surface area contributed by atoms with Crippen LogP contribution in [-0.4, -0.2) is 77.8 Å². The second-order valence-corrected chi connectivity index (χ2v) is 9.61. The Bertz CT molecular complexity index is 800. The van der Waals surface area contributed by atoms with Crippen LogP contribution in [-0.2, 0) is 25.6 Å². The lowest BCUT2D eigenvalue weighted by atomic mass is 9.71. The summed E-state index contributed by atoms with van der Waals surface area (Å²) in [4.78, 5) is 34.9. The Labute approximate surface area is 189 Å². The molecule has 5 heterocycles. The molecule has 0 radical (unpaired) electrons. The van der Waals surface area contributed by atoms with Gasteiger partial charge in [-0.3, -0.25) is 14.6 Å². The Kier molecular flexibility index (Phi) is 6.71. The van der Waals surface area contributed by atoms with Gasteiger partial charge in [0.05, 0.1) is 13.2 Å². The van der Waals surface area contributed by atoms with Crippen molar-refractivity contribution in [1.82, 2.24) is 20.1 Å². The Balaban J connectivity index is 1.28. The SMILES string of the molecule is O=C(NCc1cccnc1)[C@H]1[C@H]2C[C@H](CN(CCC3OCCCO3)C2)[C@@H]2CCCC(=O)N21. The van der Waals surface area contributed by atoms with Gasteiger partial charge in [0.2, 0.25) is 11.8 Å². The molecular formula is C24H34N4O4. The first kappa shape index (κ1) is 21.8. The second-order valence-electron chi connectivity index (χ2n) is 9.61. The number of likely N-dealkylation sites (tertiary alicyclic amines) is 1. The molecule has 0 saturated carbocycles. The number of hydrogen-bond acceptors (Lipinski definition) is 6. The van der Waals surface area contributed by atoms with Crippen LogP contribution in [0.2, 0.25) is 0 Å². The maximum absolute atomic E-state index is 13.4. The maximum atomic E-state index is 13.4. The lowest BCUT2D eigenvalue weighted by Gasteiger charge is -2.56. The number of ether oxygens (including phenoxy) is 2. The van der Waals surface area contributed by atoms with E-state index in [2.05, 4.69) is 15.2 Å². The van der Waals surface area contributed by atoms with Gasteiger partial charge in [0.25, 0.3) is 0 Å². The molecule has 4 aliphatic heterocycles. The predicted octanol–water partition coefficient (Wildman–Crippen LogP) is 1.55. The zero-order chi connectivity index (χ0) is 21.9. The molecule has 4 aliphatic rings. The van der Waals surface area contributed by atoms with E-state index in [1.165, 1.54) is 0 Å². The topological polar surface area (TPSA) is 84.0 Å². The summed E-state index contributed by atoms with van der Waals surface area (Å²) in [5, 5.41) is 3.09. The Morgan fingerprint density at radius 1 is 1.19 bits per heavy atom. The Morgan fingerprint density at radius 3 is 2.84 bits per heavy atom. The first-order chi connectivity index (χ1) is 15.7. The highest BCUT2D eigenvalue weighted by molar-refractivity contribution is 5.89. The number of pyridine rings is 1. The number of nitrogens with one attached hydrogen (secondary N) is 1. The van der Waals surface area contributed by atoms with Crippen LogP contribution in [0.5, 0.6) is 0 Å². The standard InChI is InChI=1S/C24H34N4O4/c29-21-6-1-5-20-18-12-19(16-27(15-18)9-7-22-31-10-3-11-32-22)23(28(20)21)24(30)26-14-17-4-2-8-25-13-17/h2,4,8,13,18-20,22-23H,1,3,5-7,9-12,14-16H2,(H,26,30)/t18-,19+,20+,23-/m1/s1. The van der Waals surface area contributed by atoms with E-state index in [-0.39, 0.29) is 36.1 Å². The highest BCUT2D eigenvalue weighted by atomic mass is 16.7. The van der Waals surface area contributed by atoms with Gasteiger partial charge in [-0.05, 0) is 43.2 Å². The van der Waals surface area contributed by atoms with Crippen LogP contribution in [0.4, 0.5) is 0 Å². The molecule has 32 heavy (non-hydrogen) atoms. The minimum absolute atomic E-state index is 0.0293. The maximum Gasteiger partial charge on any atom is 0.243 e. The number of aromatic nitrogens is 1. The highest BCUT2D eigenvalue weighted by Crippen LogP contribution is 2.41. The van der Waals surface area contributed by atoms with E-state index in [0.29, 0.717) is 18.9 Å². The lowest BCUT2D eigenvalue weighted by molar-refractivity contribution is -0.184. The average molecular weight is 443 g/mol. The summed E-state index contributed by atoms with van der Waals surface area (Å²) in [7, 11) is 0. The van der Waals surface area contributed by atoms with Crippen molar-refractivity contribution in [3.8, 4) is 0 Å². The van der Waals surface area contributed by atoms with Gasteiger partial charge in [0.15, 0.2) is 6.29 Å². The fourth-order valence-corrected chi connectivity index (χ4v) is 6.06. The second kappa shape index (κ2) is 9.85. The number of carbonyl (C=O) groups is 2. The third-order valence-corrected chi connectivity index (χ3v) is 7.45. The Hall–Kier alpha value is -2.03. The van der Waals surface area contributed by atoms with E-state index in [0.717, 1.165) is 70.5 Å². The molecule has 0 aromatic carbocycles. The van der Waals surface area contributed by atoms with Crippen LogP contribution in [0.1, 0.15) is 44.1 Å². The lowest BCUT2D eigenvalue weighted by Crippen LogP contribution is -2.68. The van der Waals surface area contributed by atoms with Crippen molar-refractivity contribution >= 4 is 11.8 Å². The zero-order valence-corrected chi connectivity index (χ0v) is 18.7. The largest absolute Gasteiger partial charge is 0.353 e. The van der Waals surface area contributed by atoms with E-state index in [1.54, 1.807) is 12.4 Å².